The standard InChI is InChI=1S/C13H26N2O.ClH/c1-11(10-14-2)13(16)15-9-8-12-6-4-3-5-7-12;/h11-12,14H,3-10H2,1-2H3,(H,15,16);1H. The number of halogens is 1. The van der Waals surface area contributed by atoms with Gasteiger partial charge in [0.2, 0.25) is 5.91 Å². The first-order valence-electron chi connectivity index (χ1n) is 6.66. The number of carbonyl (C=O) groups is 1. The minimum Gasteiger partial charge on any atom is -0.356 e. The Morgan fingerprint density at radius 2 is 1.94 bits per heavy atom. The molecule has 1 aliphatic rings. The van der Waals surface area contributed by atoms with Crippen LogP contribution in [-0.4, -0.2) is 26.0 Å². The summed E-state index contributed by atoms with van der Waals surface area (Å²) < 4.78 is 0. The van der Waals surface area contributed by atoms with Crippen LogP contribution in [0.25, 0.3) is 0 Å². The average Bonchev–Trinajstić information content (AvgIpc) is 2.30. The molecule has 2 N–H and O–H groups in total. The van der Waals surface area contributed by atoms with E-state index in [4.69, 9.17) is 0 Å². The fourth-order valence-electron chi connectivity index (χ4n) is 2.45. The molecular formula is C13H27ClN2O. The number of amides is 1. The van der Waals surface area contributed by atoms with E-state index in [-0.39, 0.29) is 24.2 Å². The number of nitrogens with one attached hydrogen (secondary N) is 2. The summed E-state index contributed by atoms with van der Waals surface area (Å²) in [5.74, 6) is 1.12. The Labute approximate surface area is 112 Å². The molecule has 1 aliphatic carbocycles. The lowest BCUT2D eigenvalue weighted by Gasteiger charge is -2.21. The van der Waals surface area contributed by atoms with Gasteiger partial charge in [0, 0.05) is 19.0 Å². The van der Waals surface area contributed by atoms with Crippen molar-refractivity contribution in [2.45, 2.75) is 45.4 Å². The molecule has 102 valence electrons. The largest absolute Gasteiger partial charge is 0.356 e. The summed E-state index contributed by atoms with van der Waals surface area (Å²) in [7, 11) is 1.88. The Morgan fingerprint density at radius 1 is 1.29 bits per heavy atom. The van der Waals surface area contributed by atoms with Gasteiger partial charge in [-0.2, -0.15) is 0 Å². The van der Waals surface area contributed by atoms with Crippen LogP contribution in [0.15, 0.2) is 0 Å². The summed E-state index contributed by atoms with van der Waals surface area (Å²) >= 11 is 0. The molecule has 0 spiro atoms. The van der Waals surface area contributed by atoms with Gasteiger partial charge < -0.3 is 10.6 Å². The van der Waals surface area contributed by atoms with Crippen molar-refractivity contribution in [3.05, 3.63) is 0 Å². The molecule has 0 aromatic carbocycles. The van der Waals surface area contributed by atoms with Gasteiger partial charge in [-0.1, -0.05) is 39.0 Å². The first-order valence-corrected chi connectivity index (χ1v) is 6.66. The van der Waals surface area contributed by atoms with Crippen LogP contribution in [-0.2, 0) is 4.79 Å². The highest BCUT2D eigenvalue weighted by atomic mass is 35.5. The van der Waals surface area contributed by atoms with Crippen LogP contribution in [0.4, 0.5) is 0 Å². The number of rotatable bonds is 6. The molecule has 1 amide bonds. The minimum absolute atomic E-state index is 0. The van der Waals surface area contributed by atoms with Crippen molar-refractivity contribution in [3.63, 3.8) is 0 Å². The highest BCUT2D eigenvalue weighted by Crippen LogP contribution is 2.25. The zero-order valence-corrected chi connectivity index (χ0v) is 11.9. The van der Waals surface area contributed by atoms with Crippen molar-refractivity contribution in [1.29, 1.82) is 0 Å². The van der Waals surface area contributed by atoms with Crippen LogP contribution < -0.4 is 10.6 Å². The van der Waals surface area contributed by atoms with Crippen molar-refractivity contribution < 1.29 is 4.79 Å². The van der Waals surface area contributed by atoms with Crippen LogP contribution in [0.3, 0.4) is 0 Å². The van der Waals surface area contributed by atoms with Crippen LogP contribution >= 0.6 is 12.4 Å². The Bertz CT molecular complexity index is 206. The Kier molecular flexibility index (Phi) is 9.56. The molecule has 0 bridgehead atoms. The van der Waals surface area contributed by atoms with Gasteiger partial charge in [0.05, 0.1) is 0 Å². The molecule has 0 radical (unpaired) electrons. The molecule has 4 heteroatoms. The molecular weight excluding hydrogens is 236 g/mol. The van der Waals surface area contributed by atoms with Crippen molar-refractivity contribution in [1.82, 2.24) is 10.6 Å². The van der Waals surface area contributed by atoms with E-state index in [2.05, 4.69) is 10.6 Å². The third kappa shape index (κ3) is 6.89. The lowest BCUT2D eigenvalue weighted by Crippen LogP contribution is -2.35. The topological polar surface area (TPSA) is 41.1 Å². The van der Waals surface area contributed by atoms with Gasteiger partial charge in [0.1, 0.15) is 0 Å². The van der Waals surface area contributed by atoms with Crippen molar-refractivity contribution in [3.8, 4) is 0 Å². The highest BCUT2D eigenvalue weighted by Gasteiger charge is 2.15. The smallest absolute Gasteiger partial charge is 0.224 e. The van der Waals surface area contributed by atoms with Gasteiger partial charge in [0.15, 0.2) is 0 Å². The Balaban J connectivity index is 0.00000256. The number of carbonyl (C=O) groups excluding carboxylic acids is 1. The van der Waals surface area contributed by atoms with Crippen LogP contribution in [0.1, 0.15) is 45.4 Å². The zero-order chi connectivity index (χ0) is 11.8. The van der Waals surface area contributed by atoms with E-state index in [1.54, 1.807) is 0 Å². The van der Waals surface area contributed by atoms with Crippen molar-refractivity contribution in [2.75, 3.05) is 20.1 Å². The fourth-order valence-corrected chi connectivity index (χ4v) is 2.45. The quantitative estimate of drug-likeness (QED) is 0.772. The van der Waals surface area contributed by atoms with Gasteiger partial charge >= 0.3 is 0 Å². The van der Waals surface area contributed by atoms with Gasteiger partial charge in [-0.25, -0.2) is 0 Å². The Hall–Kier alpha value is -0.280. The minimum atomic E-state index is 0. The molecule has 0 aromatic heterocycles. The third-order valence-electron chi connectivity index (χ3n) is 3.53. The lowest BCUT2D eigenvalue weighted by atomic mass is 9.87. The van der Waals surface area contributed by atoms with Gasteiger partial charge in [-0.3, -0.25) is 4.79 Å². The first kappa shape index (κ1) is 16.7. The summed E-state index contributed by atoms with van der Waals surface area (Å²) in [6.45, 7) is 3.58. The summed E-state index contributed by atoms with van der Waals surface area (Å²) in [4.78, 5) is 11.6. The molecule has 0 saturated heterocycles. The van der Waals surface area contributed by atoms with E-state index in [0.717, 1.165) is 25.4 Å². The highest BCUT2D eigenvalue weighted by molar-refractivity contribution is 5.85. The maximum atomic E-state index is 11.6. The van der Waals surface area contributed by atoms with Crippen molar-refractivity contribution >= 4 is 18.3 Å². The molecule has 0 heterocycles. The van der Waals surface area contributed by atoms with E-state index in [1.807, 2.05) is 14.0 Å². The van der Waals surface area contributed by atoms with E-state index in [1.165, 1.54) is 32.1 Å². The number of hydrogen-bond donors (Lipinski definition) is 2. The first-order chi connectivity index (χ1) is 7.74. The molecule has 1 rings (SSSR count). The van der Waals surface area contributed by atoms with Gasteiger partial charge in [-0.05, 0) is 19.4 Å². The van der Waals surface area contributed by atoms with E-state index in [9.17, 15) is 4.79 Å². The molecule has 17 heavy (non-hydrogen) atoms. The second-order valence-electron chi connectivity index (χ2n) is 5.04. The van der Waals surface area contributed by atoms with E-state index < -0.39 is 0 Å². The average molecular weight is 263 g/mol. The van der Waals surface area contributed by atoms with Crippen molar-refractivity contribution in [2.24, 2.45) is 11.8 Å². The van der Waals surface area contributed by atoms with Crippen LogP contribution in [0, 0.1) is 11.8 Å². The van der Waals surface area contributed by atoms with E-state index in [0.29, 0.717) is 0 Å². The maximum Gasteiger partial charge on any atom is 0.224 e. The summed E-state index contributed by atoms with van der Waals surface area (Å²) in [6.07, 6.45) is 8.06. The summed E-state index contributed by atoms with van der Waals surface area (Å²) in [6, 6.07) is 0. The zero-order valence-electron chi connectivity index (χ0n) is 11.1. The fraction of sp³-hybridized carbons (Fsp3) is 0.923. The molecule has 3 nitrogen and oxygen atoms in total. The van der Waals surface area contributed by atoms with Crippen LogP contribution in [0.5, 0.6) is 0 Å². The second-order valence-corrected chi connectivity index (χ2v) is 5.04. The predicted octanol–water partition coefficient (Wildman–Crippen LogP) is 2.35. The Morgan fingerprint density at radius 3 is 2.53 bits per heavy atom. The molecule has 0 aliphatic heterocycles. The van der Waals surface area contributed by atoms with Gasteiger partial charge in [0.25, 0.3) is 0 Å². The number of hydrogen-bond acceptors (Lipinski definition) is 2. The summed E-state index contributed by atoms with van der Waals surface area (Å²) in [5.41, 5.74) is 0. The second kappa shape index (κ2) is 9.72. The molecule has 1 saturated carbocycles. The maximum absolute atomic E-state index is 11.6. The SMILES string of the molecule is CNCC(C)C(=O)NCCC1CCCCC1.Cl. The molecule has 1 fully saturated rings. The third-order valence-corrected chi connectivity index (χ3v) is 3.53. The predicted molar refractivity (Wildman–Crippen MR) is 74.5 cm³/mol. The lowest BCUT2D eigenvalue weighted by molar-refractivity contribution is -0.124. The van der Waals surface area contributed by atoms with Crippen LogP contribution in [0.2, 0.25) is 0 Å². The van der Waals surface area contributed by atoms with E-state index >= 15 is 0 Å². The molecule has 1 atom stereocenters. The monoisotopic (exact) mass is 262 g/mol. The molecule has 0 aromatic rings. The van der Waals surface area contributed by atoms with Gasteiger partial charge in [-0.15, -0.1) is 12.4 Å². The molecule has 1 unspecified atom stereocenters. The normalized spacial score (nSPS) is 18.2. The summed E-state index contributed by atoms with van der Waals surface area (Å²) in [5, 5.41) is 6.06.